The van der Waals surface area contributed by atoms with E-state index in [1.807, 2.05) is 0 Å². The van der Waals surface area contributed by atoms with Crippen molar-refractivity contribution in [3.05, 3.63) is 34.9 Å². The maximum Gasteiger partial charge on any atom is 0.357 e. The molecule has 1 aliphatic rings. The summed E-state index contributed by atoms with van der Waals surface area (Å²) in [4.78, 5) is 26.6. The third-order valence-corrected chi connectivity index (χ3v) is 4.13. The molecule has 2 aromatic heterocycles. The van der Waals surface area contributed by atoms with E-state index >= 15 is 0 Å². The summed E-state index contributed by atoms with van der Waals surface area (Å²) < 4.78 is 2.33. The lowest BCUT2D eigenvalue weighted by atomic mass is 10.1. The van der Waals surface area contributed by atoms with E-state index in [0.717, 1.165) is 17.6 Å². The van der Waals surface area contributed by atoms with Crippen molar-refractivity contribution in [1.29, 1.82) is 0 Å². The molecule has 2 N–H and O–H groups in total. The Kier molecular flexibility index (Phi) is 3.60. The van der Waals surface area contributed by atoms with E-state index in [4.69, 9.17) is 5.73 Å². The lowest BCUT2D eigenvalue weighted by Crippen LogP contribution is -2.39. The molecule has 7 heteroatoms. The highest BCUT2D eigenvalue weighted by atomic mass is 16.2. The van der Waals surface area contributed by atoms with Gasteiger partial charge < -0.3 is 5.73 Å². The second-order valence-corrected chi connectivity index (χ2v) is 5.63. The summed E-state index contributed by atoms with van der Waals surface area (Å²) in [5.74, 6) is 0.124. The van der Waals surface area contributed by atoms with Crippen LogP contribution < -0.4 is 11.4 Å². The van der Waals surface area contributed by atoms with Crippen LogP contribution in [-0.4, -0.2) is 50.7 Å². The lowest BCUT2D eigenvalue weighted by molar-refractivity contribution is 0.0821. The van der Waals surface area contributed by atoms with Crippen molar-refractivity contribution in [2.75, 3.05) is 19.6 Å². The first-order valence-corrected chi connectivity index (χ1v) is 7.14. The Morgan fingerprint density at radius 3 is 2.95 bits per heavy atom. The summed E-state index contributed by atoms with van der Waals surface area (Å²) in [5.41, 5.74) is 5.75. The van der Waals surface area contributed by atoms with Gasteiger partial charge in [-0.05, 0) is 37.9 Å². The highest BCUT2D eigenvalue weighted by Crippen LogP contribution is 2.21. The van der Waals surface area contributed by atoms with Gasteiger partial charge in [-0.15, -0.1) is 9.78 Å². The number of nitrogens with zero attached hydrogens (tertiary/aromatic N) is 4. The number of hydrogen-bond acceptors (Lipinski definition) is 5. The van der Waals surface area contributed by atoms with Crippen molar-refractivity contribution < 1.29 is 4.79 Å². The van der Waals surface area contributed by atoms with Crippen LogP contribution in [0.1, 0.15) is 18.1 Å². The maximum atomic E-state index is 12.3. The largest absolute Gasteiger partial charge is 0.357 e. The zero-order valence-corrected chi connectivity index (χ0v) is 12.0. The fraction of sp³-hybridized carbons (Fsp3) is 0.500. The molecule has 0 aromatic carbocycles. The molecule has 21 heavy (non-hydrogen) atoms. The normalized spacial score (nSPS) is 23.0. The first kappa shape index (κ1) is 14.0. The van der Waals surface area contributed by atoms with Crippen LogP contribution in [0, 0.1) is 5.92 Å². The second-order valence-electron chi connectivity index (χ2n) is 5.63. The third-order valence-electron chi connectivity index (χ3n) is 4.13. The van der Waals surface area contributed by atoms with Gasteiger partial charge >= 0.3 is 5.69 Å². The minimum atomic E-state index is -0.419. The van der Waals surface area contributed by atoms with E-state index in [1.165, 1.54) is 4.40 Å². The predicted octanol–water partition coefficient (Wildman–Crippen LogP) is -0.195. The summed E-state index contributed by atoms with van der Waals surface area (Å²) in [6.07, 6.45) is 2.60. The molecule has 0 radical (unpaired) electrons. The van der Waals surface area contributed by atoms with Crippen molar-refractivity contribution in [1.82, 2.24) is 19.1 Å². The first-order chi connectivity index (χ1) is 10.1. The molecular formula is C14H19N5O2. The summed E-state index contributed by atoms with van der Waals surface area (Å²) >= 11 is 0. The number of pyridine rings is 1. The molecule has 2 aromatic rings. The number of nitrogens with two attached hydrogens (primary N) is 1. The zero-order valence-electron chi connectivity index (χ0n) is 12.0. The van der Waals surface area contributed by atoms with Gasteiger partial charge in [-0.2, -0.15) is 0 Å². The number of carbonyl (C=O) groups is 1. The number of hydrogen-bond donors (Lipinski definition) is 1. The van der Waals surface area contributed by atoms with Gasteiger partial charge in [0.25, 0.3) is 5.91 Å². The van der Waals surface area contributed by atoms with E-state index in [1.54, 1.807) is 24.4 Å². The molecule has 2 unspecified atom stereocenters. The van der Waals surface area contributed by atoms with Crippen LogP contribution in [0.15, 0.2) is 29.2 Å². The lowest BCUT2D eigenvalue weighted by Gasteiger charge is -2.19. The van der Waals surface area contributed by atoms with E-state index in [-0.39, 0.29) is 12.5 Å². The molecule has 0 amide bonds. The van der Waals surface area contributed by atoms with Crippen molar-refractivity contribution in [2.24, 2.45) is 11.7 Å². The molecule has 0 saturated carbocycles. The Bertz CT molecular complexity index is 719. The van der Waals surface area contributed by atoms with Crippen LogP contribution in [-0.2, 0) is 0 Å². The Morgan fingerprint density at radius 2 is 2.29 bits per heavy atom. The third kappa shape index (κ3) is 2.50. The molecular weight excluding hydrogens is 270 g/mol. The standard InChI is InChI=1S/C14H19N5O2/c1-10-6-11(7-15)8-17(10)9-13(20)19-14(21)18-5-3-2-4-12(18)16-19/h2-5,10-11H,6-9,15H2,1H3. The first-order valence-electron chi connectivity index (χ1n) is 7.14. The van der Waals surface area contributed by atoms with Gasteiger partial charge in [0.05, 0.1) is 6.54 Å². The van der Waals surface area contributed by atoms with Crippen LogP contribution in [0.25, 0.3) is 5.65 Å². The summed E-state index contributed by atoms with van der Waals surface area (Å²) in [6.45, 7) is 3.70. The van der Waals surface area contributed by atoms with Gasteiger partial charge in [0, 0.05) is 18.8 Å². The maximum absolute atomic E-state index is 12.3. The molecule has 0 spiro atoms. The van der Waals surface area contributed by atoms with Crippen LogP contribution >= 0.6 is 0 Å². The molecule has 1 fully saturated rings. The van der Waals surface area contributed by atoms with Gasteiger partial charge in [0.1, 0.15) is 0 Å². The van der Waals surface area contributed by atoms with Crippen LogP contribution in [0.4, 0.5) is 0 Å². The molecule has 1 saturated heterocycles. The molecule has 3 rings (SSSR count). The Morgan fingerprint density at radius 1 is 1.48 bits per heavy atom. The minimum Gasteiger partial charge on any atom is -0.330 e. The molecule has 7 nitrogen and oxygen atoms in total. The highest BCUT2D eigenvalue weighted by molar-refractivity contribution is 5.80. The summed E-state index contributed by atoms with van der Waals surface area (Å²) in [5, 5.41) is 4.08. The van der Waals surface area contributed by atoms with E-state index < -0.39 is 5.69 Å². The fourth-order valence-corrected chi connectivity index (χ4v) is 2.94. The molecule has 0 bridgehead atoms. The van der Waals surface area contributed by atoms with Crippen LogP contribution in [0.5, 0.6) is 0 Å². The highest BCUT2D eigenvalue weighted by Gasteiger charge is 2.30. The second kappa shape index (κ2) is 5.42. The van der Waals surface area contributed by atoms with Crippen LogP contribution in [0.3, 0.4) is 0 Å². The average molecular weight is 289 g/mol. The predicted molar refractivity (Wildman–Crippen MR) is 78.3 cm³/mol. The topological polar surface area (TPSA) is 85.6 Å². The van der Waals surface area contributed by atoms with Crippen molar-refractivity contribution in [2.45, 2.75) is 19.4 Å². The number of aromatic nitrogens is 3. The average Bonchev–Trinajstić information content (AvgIpc) is 3.01. The Balaban J connectivity index is 1.82. The van der Waals surface area contributed by atoms with Crippen LogP contribution in [0.2, 0.25) is 0 Å². The van der Waals surface area contributed by atoms with Gasteiger partial charge in [0.15, 0.2) is 5.65 Å². The summed E-state index contributed by atoms with van der Waals surface area (Å²) in [7, 11) is 0. The SMILES string of the molecule is CC1CC(CN)CN1CC(=O)n1nc2ccccn2c1=O. The Labute approximate surface area is 122 Å². The van der Waals surface area contributed by atoms with Crippen molar-refractivity contribution in [3.63, 3.8) is 0 Å². The monoisotopic (exact) mass is 289 g/mol. The molecule has 112 valence electrons. The van der Waals surface area contributed by atoms with Crippen molar-refractivity contribution >= 4 is 11.6 Å². The molecule has 0 aliphatic carbocycles. The number of fused-ring (bicyclic) bond motifs is 1. The smallest absolute Gasteiger partial charge is 0.330 e. The summed E-state index contributed by atoms with van der Waals surface area (Å²) in [6, 6.07) is 5.52. The number of carbonyl (C=O) groups excluding carboxylic acids is 1. The van der Waals surface area contributed by atoms with Gasteiger partial charge in [-0.25, -0.2) is 9.20 Å². The molecule has 3 heterocycles. The van der Waals surface area contributed by atoms with E-state index in [9.17, 15) is 9.59 Å². The van der Waals surface area contributed by atoms with Gasteiger partial charge in [-0.1, -0.05) is 6.07 Å². The number of rotatable bonds is 3. The minimum absolute atomic E-state index is 0.196. The molecule has 2 atom stereocenters. The van der Waals surface area contributed by atoms with Gasteiger partial charge in [-0.3, -0.25) is 9.69 Å². The number of likely N-dealkylation sites (tertiary alicyclic amines) is 1. The Hall–Kier alpha value is -1.99. The zero-order chi connectivity index (χ0) is 15.0. The van der Waals surface area contributed by atoms with Crippen molar-refractivity contribution in [3.8, 4) is 0 Å². The quantitative estimate of drug-likeness (QED) is 0.846. The van der Waals surface area contributed by atoms with E-state index in [2.05, 4.69) is 16.9 Å². The fourth-order valence-electron chi connectivity index (χ4n) is 2.94. The van der Waals surface area contributed by atoms with Gasteiger partial charge in [0.2, 0.25) is 0 Å². The van der Waals surface area contributed by atoms with E-state index in [0.29, 0.717) is 24.2 Å². The molecule has 1 aliphatic heterocycles.